The Labute approximate surface area is 115 Å². The normalized spacial score (nSPS) is 10.3. The van der Waals surface area contributed by atoms with Crippen LogP contribution in [0.2, 0.25) is 0 Å². The molecule has 0 amide bonds. The molecule has 0 unspecified atom stereocenters. The lowest BCUT2D eigenvalue weighted by atomic mass is 10.2. The molecule has 2 heterocycles. The Balaban J connectivity index is 2.21. The van der Waals surface area contributed by atoms with Crippen LogP contribution in [0.1, 0.15) is 17.0 Å². The number of rotatable bonds is 5. The number of anilines is 2. The summed E-state index contributed by atoms with van der Waals surface area (Å²) in [6.07, 6.45) is 0. The molecule has 2 rings (SSSR count). The van der Waals surface area contributed by atoms with E-state index in [4.69, 9.17) is 4.52 Å². The van der Waals surface area contributed by atoms with Crippen molar-refractivity contribution in [2.45, 2.75) is 20.4 Å². The Kier molecular flexibility index (Phi) is 3.83. The fraction of sp³-hybridized carbons (Fsp3) is 0.333. The Morgan fingerprint density at radius 1 is 1.35 bits per heavy atom. The molecule has 8 heteroatoms. The van der Waals surface area contributed by atoms with Crippen molar-refractivity contribution in [3.05, 3.63) is 39.3 Å². The molecule has 0 aromatic carbocycles. The van der Waals surface area contributed by atoms with Crippen molar-refractivity contribution in [3.8, 4) is 0 Å². The molecule has 0 spiro atoms. The zero-order valence-corrected chi connectivity index (χ0v) is 11.4. The van der Waals surface area contributed by atoms with Gasteiger partial charge in [-0.15, -0.1) is 0 Å². The summed E-state index contributed by atoms with van der Waals surface area (Å²) in [6.45, 7) is 4.10. The van der Waals surface area contributed by atoms with Gasteiger partial charge in [0.15, 0.2) is 0 Å². The van der Waals surface area contributed by atoms with E-state index in [1.807, 2.05) is 13.8 Å². The van der Waals surface area contributed by atoms with Crippen molar-refractivity contribution in [3.63, 3.8) is 0 Å². The maximum absolute atomic E-state index is 10.9. The Morgan fingerprint density at radius 2 is 2.05 bits per heavy atom. The molecule has 2 N–H and O–H groups in total. The van der Waals surface area contributed by atoms with Crippen molar-refractivity contribution >= 4 is 17.3 Å². The largest absolute Gasteiger partial charge is 0.373 e. The van der Waals surface area contributed by atoms with E-state index < -0.39 is 4.92 Å². The van der Waals surface area contributed by atoms with Crippen molar-refractivity contribution < 1.29 is 9.45 Å². The smallest absolute Gasteiger partial charge is 0.276 e. The lowest BCUT2D eigenvalue weighted by Crippen LogP contribution is -2.05. The summed E-state index contributed by atoms with van der Waals surface area (Å²) in [7, 11) is 1.66. The first kappa shape index (κ1) is 13.8. The van der Waals surface area contributed by atoms with Gasteiger partial charge in [-0.25, -0.2) is 4.98 Å². The van der Waals surface area contributed by atoms with E-state index >= 15 is 0 Å². The molecule has 2 aromatic rings. The van der Waals surface area contributed by atoms with Gasteiger partial charge in [0.2, 0.25) is 0 Å². The third-order valence-electron chi connectivity index (χ3n) is 2.90. The van der Waals surface area contributed by atoms with Crippen LogP contribution in [0.5, 0.6) is 0 Å². The van der Waals surface area contributed by atoms with E-state index in [9.17, 15) is 10.1 Å². The van der Waals surface area contributed by atoms with E-state index in [0.717, 1.165) is 11.3 Å². The molecule has 0 aliphatic heterocycles. The van der Waals surface area contributed by atoms with Crippen LogP contribution in [0, 0.1) is 24.0 Å². The topological polar surface area (TPSA) is 106 Å². The maximum Gasteiger partial charge on any atom is 0.276 e. The van der Waals surface area contributed by atoms with Crippen LogP contribution in [-0.4, -0.2) is 22.1 Å². The van der Waals surface area contributed by atoms with Gasteiger partial charge >= 0.3 is 0 Å². The molecule has 0 aliphatic rings. The first-order chi connectivity index (χ1) is 9.51. The van der Waals surface area contributed by atoms with Crippen LogP contribution in [0.25, 0.3) is 0 Å². The molecule has 0 radical (unpaired) electrons. The molecule has 0 fully saturated rings. The van der Waals surface area contributed by atoms with Gasteiger partial charge in [-0.2, -0.15) is 0 Å². The van der Waals surface area contributed by atoms with Gasteiger partial charge < -0.3 is 15.2 Å². The highest BCUT2D eigenvalue weighted by atomic mass is 16.6. The highest BCUT2D eigenvalue weighted by Gasteiger charge is 2.12. The van der Waals surface area contributed by atoms with Crippen LogP contribution >= 0.6 is 0 Å². The molecular weight excluding hydrogens is 262 g/mol. The summed E-state index contributed by atoms with van der Waals surface area (Å²) in [5.74, 6) is 1.57. The lowest BCUT2D eigenvalue weighted by molar-refractivity contribution is -0.384. The van der Waals surface area contributed by atoms with Gasteiger partial charge in [0.1, 0.15) is 17.4 Å². The SMILES string of the molecule is CNc1cc([N+](=O)[O-])cc(NCc2c(C)noc2C)n1. The first-order valence-electron chi connectivity index (χ1n) is 6.01. The molecule has 106 valence electrons. The number of nitrogens with one attached hydrogen (secondary N) is 2. The number of hydrogen-bond acceptors (Lipinski definition) is 7. The van der Waals surface area contributed by atoms with Gasteiger partial charge in [0.05, 0.1) is 22.7 Å². The zero-order chi connectivity index (χ0) is 14.7. The quantitative estimate of drug-likeness (QED) is 0.637. The Morgan fingerprint density at radius 3 is 2.60 bits per heavy atom. The van der Waals surface area contributed by atoms with E-state index in [2.05, 4.69) is 20.8 Å². The summed E-state index contributed by atoms with van der Waals surface area (Å²) in [6, 6.07) is 2.76. The lowest BCUT2D eigenvalue weighted by Gasteiger charge is -2.07. The second-order valence-electron chi connectivity index (χ2n) is 4.26. The summed E-state index contributed by atoms with van der Waals surface area (Å²) < 4.78 is 5.06. The minimum absolute atomic E-state index is 0.0226. The molecule has 0 atom stereocenters. The molecule has 20 heavy (non-hydrogen) atoms. The molecule has 2 aromatic heterocycles. The number of aromatic nitrogens is 2. The van der Waals surface area contributed by atoms with Crippen LogP contribution in [0.3, 0.4) is 0 Å². The minimum Gasteiger partial charge on any atom is -0.373 e. The second kappa shape index (κ2) is 5.55. The summed E-state index contributed by atoms with van der Waals surface area (Å²) in [5.41, 5.74) is 1.68. The Bertz CT molecular complexity index is 619. The van der Waals surface area contributed by atoms with E-state index in [-0.39, 0.29) is 5.69 Å². The van der Waals surface area contributed by atoms with E-state index in [0.29, 0.717) is 23.9 Å². The molecule has 0 bridgehead atoms. The van der Waals surface area contributed by atoms with Gasteiger partial charge in [0.25, 0.3) is 5.69 Å². The average molecular weight is 277 g/mol. The fourth-order valence-corrected chi connectivity index (χ4v) is 1.77. The van der Waals surface area contributed by atoms with Crippen molar-refractivity contribution in [1.82, 2.24) is 10.1 Å². The predicted octanol–water partition coefficient (Wildman–Crippen LogP) is 2.25. The summed E-state index contributed by atoms with van der Waals surface area (Å²) >= 11 is 0. The number of aryl methyl sites for hydroxylation is 2. The third-order valence-corrected chi connectivity index (χ3v) is 2.90. The van der Waals surface area contributed by atoms with Gasteiger partial charge in [-0.3, -0.25) is 10.1 Å². The maximum atomic E-state index is 10.9. The zero-order valence-electron chi connectivity index (χ0n) is 11.4. The number of pyridine rings is 1. The Hall–Kier alpha value is -2.64. The third kappa shape index (κ3) is 2.85. The van der Waals surface area contributed by atoms with Gasteiger partial charge in [-0.05, 0) is 13.8 Å². The first-order valence-corrected chi connectivity index (χ1v) is 6.01. The number of nitrogens with zero attached hydrogens (tertiary/aromatic N) is 3. The van der Waals surface area contributed by atoms with Crippen LogP contribution in [0.15, 0.2) is 16.7 Å². The molecule has 0 saturated heterocycles. The monoisotopic (exact) mass is 277 g/mol. The standard InChI is InChI=1S/C12H15N5O3/c1-7-10(8(2)20-16-7)6-14-12-5-9(17(18)19)4-11(13-3)15-12/h4-5H,6H2,1-3H3,(H2,13,14,15). The molecule has 8 nitrogen and oxygen atoms in total. The van der Waals surface area contributed by atoms with Gasteiger partial charge in [0, 0.05) is 19.2 Å². The highest BCUT2D eigenvalue weighted by Crippen LogP contribution is 2.21. The molecule has 0 aliphatic carbocycles. The van der Waals surface area contributed by atoms with E-state index in [1.165, 1.54) is 12.1 Å². The molecular formula is C12H15N5O3. The summed E-state index contributed by atoms with van der Waals surface area (Å²) in [5, 5.41) is 20.5. The van der Waals surface area contributed by atoms with Crippen LogP contribution in [-0.2, 0) is 6.54 Å². The fourth-order valence-electron chi connectivity index (χ4n) is 1.77. The predicted molar refractivity (Wildman–Crippen MR) is 73.7 cm³/mol. The van der Waals surface area contributed by atoms with Crippen molar-refractivity contribution in [2.24, 2.45) is 0 Å². The number of nitro groups is 1. The van der Waals surface area contributed by atoms with Crippen molar-refractivity contribution in [2.75, 3.05) is 17.7 Å². The minimum atomic E-state index is -0.455. The van der Waals surface area contributed by atoms with Gasteiger partial charge in [-0.1, -0.05) is 5.16 Å². The molecule has 0 saturated carbocycles. The van der Waals surface area contributed by atoms with Crippen LogP contribution < -0.4 is 10.6 Å². The highest BCUT2D eigenvalue weighted by molar-refractivity contribution is 5.54. The number of hydrogen-bond donors (Lipinski definition) is 2. The van der Waals surface area contributed by atoms with Crippen molar-refractivity contribution in [1.29, 1.82) is 0 Å². The average Bonchev–Trinajstić information content (AvgIpc) is 2.75. The van der Waals surface area contributed by atoms with Crippen LogP contribution in [0.4, 0.5) is 17.3 Å². The van der Waals surface area contributed by atoms with E-state index in [1.54, 1.807) is 7.05 Å². The summed E-state index contributed by atoms with van der Waals surface area (Å²) in [4.78, 5) is 14.6. The second-order valence-corrected chi connectivity index (χ2v) is 4.26.